The van der Waals surface area contributed by atoms with Gasteiger partial charge in [0.2, 0.25) is 10.0 Å². The Balaban J connectivity index is 1.84. The third-order valence-electron chi connectivity index (χ3n) is 4.59. The zero-order valence-corrected chi connectivity index (χ0v) is 15.4. The Labute approximate surface area is 153 Å². The minimum absolute atomic E-state index is 0.0527. The van der Waals surface area contributed by atoms with Crippen LogP contribution in [0.25, 0.3) is 10.8 Å². The standard InChI is InChI=1S/C20H20N2O3S/c1-14(15-9-11-19(12-10-15)26(21,24)25)22(2)20(23)18-8-7-16-5-3-4-6-17(16)13-18/h3-14H,1-2H3,(H2,21,24,25). The van der Waals surface area contributed by atoms with E-state index in [2.05, 4.69) is 0 Å². The minimum Gasteiger partial charge on any atom is -0.335 e. The number of sulfonamides is 1. The Hall–Kier alpha value is -2.70. The van der Waals surface area contributed by atoms with Crippen LogP contribution in [0.2, 0.25) is 0 Å². The molecule has 0 radical (unpaired) electrons. The van der Waals surface area contributed by atoms with E-state index >= 15 is 0 Å². The smallest absolute Gasteiger partial charge is 0.254 e. The number of hydrogen-bond donors (Lipinski definition) is 1. The zero-order chi connectivity index (χ0) is 18.9. The van der Waals surface area contributed by atoms with Gasteiger partial charge in [0.25, 0.3) is 5.91 Å². The number of carbonyl (C=O) groups is 1. The number of amides is 1. The van der Waals surface area contributed by atoms with Gasteiger partial charge in [-0.3, -0.25) is 4.79 Å². The fourth-order valence-corrected chi connectivity index (χ4v) is 3.38. The molecular formula is C20H20N2O3S. The summed E-state index contributed by atoms with van der Waals surface area (Å²) >= 11 is 0. The number of rotatable bonds is 4. The highest BCUT2D eigenvalue weighted by Crippen LogP contribution is 2.23. The molecular weight excluding hydrogens is 348 g/mol. The molecule has 26 heavy (non-hydrogen) atoms. The second kappa shape index (κ2) is 6.90. The molecule has 0 bridgehead atoms. The van der Waals surface area contributed by atoms with Gasteiger partial charge in [0.1, 0.15) is 0 Å². The lowest BCUT2D eigenvalue weighted by Gasteiger charge is -2.25. The molecule has 0 saturated heterocycles. The highest BCUT2D eigenvalue weighted by molar-refractivity contribution is 7.89. The second-order valence-electron chi connectivity index (χ2n) is 6.27. The maximum absolute atomic E-state index is 12.8. The van der Waals surface area contributed by atoms with Gasteiger partial charge in [0.05, 0.1) is 10.9 Å². The van der Waals surface area contributed by atoms with Crippen LogP contribution in [-0.4, -0.2) is 26.3 Å². The first-order valence-corrected chi connectivity index (χ1v) is 9.71. The molecule has 134 valence electrons. The van der Waals surface area contributed by atoms with Crippen LogP contribution in [0.5, 0.6) is 0 Å². The molecule has 0 aliphatic carbocycles. The molecule has 0 saturated carbocycles. The van der Waals surface area contributed by atoms with Crippen LogP contribution in [0.1, 0.15) is 28.9 Å². The monoisotopic (exact) mass is 368 g/mol. The fraction of sp³-hybridized carbons (Fsp3) is 0.150. The predicted molar refractivity (Wildman–Crippen MR) is 102 cm³/mol. The summed E-state index contributed by atoms with van der Waals surface area (Å²) in [6.45, 7) is 1.89. The third-order valence-corrected chi connectivity index (χ3v) is 5.52. The average Bonchev–Trinajstić information content (AvgIpc) is 2.65. The van der Waals surface area contributed by atoms with E-state index < -0.39 is 10.0 Å². The number of hydrogen-bond acceptors (Lipinski definition) is 3. The van der Waals surface area contributed by atoms with Gasteiger partial charge in [-0.25, -0.2) is 13.6 Å². The average molecular weight is 368 g/mol. The van der Waals surface area contributed by atoms with E-state index in [0.717, 1.165) is 16.3 Å². The van der Waals surface area contributed by atoms with Crippen molar-refractivity contribution >= 4 is 26.7 Å². The molecule has 0 fully saturated rings. The number of benzene rings is 3. The van der Waals surface area contributed by atoms with Crippen LogP contribution in [0.15, 0.2) is 71.6 Å². The van der Waals surface area contributed by atoms with Gasteiger partial charge in [0.15, 0.2) is 0 Å². The number of carbonyl (C=O) groups excluding carboxylic acids is 1. The molecule has 0 spiro atoms. The van der Waals surface area contributed by atoms with E-state index in [0.29, 0.717) is 5.56 Å². The number of primary sulfonamides is 1. The lowest BCUT2D eigenvalue weighted by molar-refractivity contribution is 0.0742. The Morgan fingerprint density at radius 1 is 0.962 bits per heavy atom. The molecule has 6 heteroatoms. The van der Waals surface area contributed by atoms with Crippen molar-refractivity contribution < 1.29 is 13.2 Å². The fourth-order valence-electron chi connectivity index (χ4n) is 2.86. The Morgan fingerprint density at radius 3 is 2.19 bits per heavy atom. The molecule has 0 aromatic heterocycles. The molecule has 0 aliphatic rings. The molecule has 1 amide bonds. The van der Waals surface area contributed by atoms with Crippen molar-refractivity contribution in [1.82, 2.24) is 4.90 Å². The molecule has 3 aromatic rings. The minimum atomic E-state index is -3.73. The Morgan fingerprint density at radius 2 is 1.58 bits per heavy atom. The Kier molecular flexibility index (Phi) is 4.80. The summed E-state index contributed by atoms with van der Waals surface area (Å²) in [6, 6.07) is 19.5. The molecule has 5 nitrogen and oxygen atoms in total. The summed E-state index contributed by atoms with van der Waals surface area (Å²) in [5.74, 6) is -0.0984. The van der Waals surface area contributed by atoms with Gasteiger partial charge >= 0.3 is 0 Å². The molecule has 1 unspecified atom stereocenters. The first kappa shape index (κ1) is 18.1. The second-order valence-corrected chi connectivity index (χ2v) is 7.83. The van der Waals surface area contributed by atoms with Crippen LogP contribution in [0.3, 0.4) is 0 Å². The van der Waals surface area contributed by atoms with E-state index in [9.17, 15) is 13.2 Å². The van der Waals surface area contributed by atoms with Gasteiger partial charge in [-0.1, -0.05) is 42.5 Å². The van der Waals surface area contributed by atoms with Gasteiger partial charge < -0.3 is 4.90 Å². The molecule has 3 rings (SSSR count). The first-order valence-electron chi connectivity index (χ1n) is 8.16. The lowest BCUT2D eigenvalue weighted by Crippen LogP contribution is -2.29. The van der Waals surface area contributed by atoms with Crippen LogP contribution < -0.4 is 5.14 Å². The predicted octanol–water partition coefficient (Wildman–Crippen LogP) is 3.32. The van der Waals surface area contributed by atoms with E-state index in [1.165, 1.54) is 12.1 Å². The van der Waals surface area contributed by atoms with Gasteiger partial charge in [-0.15, -0.1) is 0 Å². The van der Waals surface area contributed by atoms with Gasteiger partial charge in [-0.2, -0.15) is 0 Å². The topological polar surface area (TPSA) is 80.5 Å². The molecule has 2 N–H and O–H groups in total. The normalized spacial score (nSPS) is 12.7. The molecule has 0 heterocycles. The van der Waals surface area contributed by atoms with Crippen molar-refractivity contribution in [3.05, 3.63) is 77.9 Å². The van der Waals surface area contributed by atoms with E-state index in [-0.39, 0.29) is 16.8 Å². The van der Waals surface area contributed by atoms with E-state index in [1.807, 2.05) is 49.4 Å². The number of nitrogens with two attached hydrogens (primary N) is 1. The van der Waals surface area contributed by atoms with Crippen molar-refractivity contribution in [3.8, 4) is 0 Å². The maximum Gasteiger partial charge on any atom is 0.254 e. The third kappa shape index (κ3) is 3.61. The van der Waals surface area contributed by atoms with E-state index in [4.69, 9.17) is 5.14 Å². The number of fused-ring (bicyclic) bond motifs is 1. The molecule has 0 aliphatic heterocycles. The quantitative estimate of drug-likeness (QED) is 0.767. The zero-order valence-electron chi connectivity index (χ0n) is 14.6. The van der Waals surface area contributed by atoms with Crippen LogP contribution >= 0.6 is 0 Å². The highest BCUT2D eigenvalue weighted by atomic mass is 32.2. The summed E-state index contributed by atoms with van der Waals surface area (Å²) in [5, 5.41) is 7.21. The SMILES string of the molecule is CC(c1ccc(S(N)(=O)=O)cc1)N(C)C(=O)c1ccc2ccccc2c1. The Bertz CT molecular complexity index is 1060. The number of nitrogens with zero attached hydrogens (tertiary/aromatic N) is 1. The molecule has 3 aromatic carbocycles. The maximum atomic E-state index is 12.8. The summed E-state index contributed by atoms with van der Waals surface area (Å²) in [6.07, 6.45) is 0. The van der Waals surface area contributed by atoms with Crippen molar-refractivity contribution in [2.45, 2.75) is 17.9 Å². The first-order chi connectivity index (χ1) is 12.3. The summed E-state index contributed by atoms with van der Waals surface area (Å²) in [7, 11) is -1.99. The van der Waals surface area contributed by atoms with E-state index in [1.54, 1.807) is 24.1 Å². The van der Waals surface area contributed by atoms with Crippen molar-refractivity contribution in [1.29, 1.82) is 0 Å². The summed E-state index contributed by atoms with van der Waals surface area (Å²) < 4.78 is 22.7. The highest BCUT2D eigenvalue weighted by Gasteiger charge is 2.19. The van der Waals surface area contributed by atoms with Crippen molar-refractivity contribution in [3.63, 3.8) is 0 Å². The lowest BCUT2D eigenvalue weighted by atomic mass is 10.0. The summed E-state index contributed by atoms with van der Waals surface area (Å²) in [4.78, 5) is 14.5. The van der Waals surface area contributed by atoms with Crippen LogP contribution in [0, 0.1) is 0 Å². The van der Waals surface area contributed by atoms with Crippen LogP contribution in [0.4, 0.5) is 0 Å². The van der Waals surface area contributed by atoms with Crippen LogP contribution in [-0.2, 0) is 10.0 Å². The van der Waals surface area contributed by atoms with Crippen molar-refractivity contribution in [2.24, 2.45) is 5.14 Å². The summed E-state index contributed by atoms with van der Waals surface area (Å²) in [5.41, 5.74) is 1.44. The van der Waals surface area contributed by atoms with Gasteiger partial charge in [0, 0.05) is 12.6 Å². The van der Waals surface area contributed by atoms with Gasteiger partial charge in [-0.05, 0) is 47.5 Å². The van der Waals surface area contributed by atoms with Crippen molar-refractivity contribution in [2.75, 3.05) is 7.05 Å². The largest absolute Gasteiger partial charge is 0.335 e. The molecule has 1 atom stereocenters.